The zero-order valence-corrected chi connectivity index (χ0v) is 17.7. The average Bonchev–Trinajstić information content (AvgIpc) is 3.45. The van der Waals surface area contributed by atoms with Crippen LogP contribution in [0.3, 0.4) is 0 Å². The molecule has 0 amide bonds. The van der Waals surface area contributed by atoms with E-state index in [0.29, 0.717) is 11.6 Å². The summed E-state index contributed by atoms with van der Waals surface area (Å²) in [4.78, 5) is 27.5. The van der Waals surface area contributed by atoms with E-state index in [1.165, 1.54) is 11.3 Å². The number of H-pyrrole nitrogens is 1. The number of carboxylic acid groups (broad SMARTS) is 1. The van der Waals surface area contributed by atoms with Gasteiger partial charge >= 0.3 is 5.97 Å². The van der Waals surface area contributed by atoms with Gasteiger partial charge < -0.3 is 14.7 Å². The van der Waals surface area contributed by atoms with Gasteiger partial charge in [0, 0.05) is 31.0 Å². The van der Waals surface area contributed by atoms with Gasteiger partial charge in [0.15, 0.2) is 11.6 Å². The minimum absolute atomic E-state index is 0.0811. The summed E-state index contributed by atoms with van der Waals surface area (Å²) in [5.74, 6) is 1.37. The summed E-state index contributed by atoms with van der Waals surface area (Å²) in [6, 6.07) is 3.95. The van der Waals surface area contributed by atoms with Crippen molar-refractivity contribution >= 4 is 23.1 Å². The van der Waals surface area contributed by atoms with Gasteiger partial charge in [0.05, 0.1) is 28.5 Å². The summed E-state index contributed by atoms with van der Waals surface area (Å²) in [7, 11) is 0. The van der Waals surface area contributed by atoms with Crippen molar-refractivity contribution in [3.8, 4) is 22.1 Å². The second-order valence-electron chi connectivity index (χ2n) is 7.96. The van der Waals surface area contributed by atoms with E-state index in [1.54, 1.807) is 31.8 Å². The van der Waals surface area contributed by atoms with E-state index in [9.17, 15) is 9.90 Å². The third-order valence-electron chi connectivity index (χ3n) is 5.18. The van der Waals surface area contributed by atoms with E-state index < -0.39 is 11.4 Å². The highest BCUT2D eigenvalue weighted by molar-refractivity contribution is 7.13. The van der Waals surface area contributed by atoms with Crippen molar-refractivity contribution in [2.24, 2.45) is 5.41 Å². The van der Waals surface area contributed by atoms with Crippen LogP contribution in [0.1, 0.15) is 26.7 Å². The molecule has 0 unspecified atom stereocenters. The summed E-state index contributed by atoms with van der Waals surface area (Å²) < 4.78 is 5.85. The minimum atomic E-state index is -0.866. The van der Waals surface area contributed by atoms with Crippen molar-refractivity contribution in [1.82, 2.24) is 25.1 Å². The lowest BCUT2D eigenvalue weighted by atomic mass is 9.95. The zero-order valence-electron chi connectivity index (χ0n) is 16.9. The molecule has 9 nitrogen and oxygen atoms in total. The van der Waals surface area contributed by atoms with Gasteiger partial charge in [-0.1, -0.05) is 0 Å². The maximum Gasteiger partial charge on any atom is 0.311 e. The quantitative estimate of drug-likeness (QED) is 0.590. The number of nitrogens with zero attached hydrogens (tertiary/aromatic N) is 5. The number of piperidine rings is 1. The van der Waals surface area contributed by atoms with Crippen molar-refractivity contribution in [2.75, 3.05) is 24.6 Å². The Morgan fingerprint density at radius 1 is 1.33 bits per heavy atom. The Hall–Kier alpha value is -2.85. The van der Waals surface area contributed by atoms with Crippen molar-refractivity contribution in [2.45, 2.75) is 32.8 Å². The number of carbonyl (C=O) groups is 1. The van der Waals surface area contributed by atoms with Crippen molar-refractivity contribution in [3.05, 3.63) is 30.0 Å². The summed E-state index contributed by atoms with van der Waals surface area (Å²) >= 11 is 1.51. The largest absolute Gasteiger partial charge is 0.481 e. The highest BCUT2D eigenvalue weighted by Gasteiger charge is 2.30. The summed E-state index contributed by atoms with van der Waals surface area (Å²) in [5, 5.41) is 16.4. The molecule has 0 spiro atoms. The lowest BCUT2D eigenvalue weighted by Gasteiger charge is -2.34. The Kier molecular flexibility index (Phi) is 5.78. The second-order valence-corrected chi connectivity index (χ2v) is 8.85. The number of ether oxygens (including phenoxy) is 1. The first-order valence-electron chi connectivity index (χ1n) is 9.80. The van der Waals surface area contributed by atoms with Gasteiger partial charge in [-0.2, -0.15) is 5.10 Å². The van der Waals surface area contributed by atoms with Gasteiger partial charge in [0.25, 0.3) is 0 Å². The predicted molar refractivity (Wildman–Crippen MR) is 113 cm³/mol. The van der Waals surface area contributed by atoms with Crippen LogP contribution in [0.2, 0.25) is 0 Å². The highest BCUT2D eigenvalue weighted by atomic mass is 32.1. The Bertz CT molecular complexity index is 978. The monoisotopic (exact) mass is 428 g/mol. The Labute approximate surface area is 178 Å². The minimum Gasteiger partial charge on any atom is -0.481 e. The number of hydrogen-bond donors (Lipinski definition) is 2. The first-order valence-corrected chi connectivity index (χ1v) is 10.7. The average molecular weight is 429 g/mol. The molecule has 158 valence electrons. The van der Waals surface area contributed by atoms with Crippen LogP contribution in [-0.2, 0) is 9.53 Å². The summed E-state index contributed by atoms with van der Waals surface area (Å²) in [6.07, 6.45) is 5.31. The number of hydrogen-bond acceptors (Lipinski definition) is 8. The number of anilines is 1. The zero-order chi connectivity index (χ0) is 21.1. The van der Waals surface area contributed by atoms with Crippen molar-refractivity contribution in [1.29, 1.82) is 0 Å². The summed E-state index contributed by atoms with van der Waals surface area (Å²) in [6.45, 7) is 5.23. The standard InChI is InChI=1S/C20H24N6O3S/c1-20(2,19(27)28)11-29-14-5-7-26(8-6-14)16-4-3-13(9-22-16)17-23-18(25-24-17)15-10-21-12-30-15/h3-4,9-10,12,14H,5-8,11H2,1-2H3,(H,27,28)(H,23,24,25). The number of aromatic amines is 1. The van der Waals surface area contributed by atoms with Gasteiger partial charge in [0.1, 0.15) is 5.82 Å². The first kappa shape index (κ1) is 20.4. The molecule has 0 aromatic carbocycles. The lowest BCUT2D eigenvalue weighted by molar-refractivity contribution is -0.152. The molecule has 0 saturated carbocycles. The molecule has 0 aliphatic carbocycles. The predicted octanol–water partition coefficient (Wildman–Crippen LogP) is 3.09. The highest BCUT2D eigenvalue weighted by Crippen LogP contribution is 2.25. The molecule has 1 saturated heterocycles. The van der Waals surface area contributed by atoms with Crippen LogP contribution in [-0.4, -0.2) is 62.0 Å². The number of thiazole rings is 1. The molecular weight excluding hydrogens is 404 g/mol. The van der Waals surface area contributed by atoms with Crippen LogP contribution in [0.25, 0.3) is 22.1 Å². The van der Waals surface area contributed by atoms with Gasteiger partial charge in [-0.15, -0.1) is 11.3 Å². The fourth-order valence-electron chi connectivity index (χ4n) is 3.18. The van der Waals surface area contributed by atoms with Gasteiger partial charge in [-0.05, 0) is 38.8 Å². The summed E-state index contributed by atoms with van der Waals surface area (Å²) in [5.41, 5.74) is 1.74. The van der Waals surface area contributed by atoms with Crippen molar-refractivity contribution in [3.63, 3.8) is 0 Å². The second kappa shape index (κ2) is 8.49. The van der Waals surface area contributed by atoms with Crippen molar-refractivity contribution < 1.29 is 14.6 Å². The Morgan fingerprint density at radius 2 is 2.13 bits per heavy atom. The topological polar surface area (TPSA) is 117 Å². The molecule has 1 fully saturated rings. The first-order chi connectivity index (χ1) is 14.4. The molecule has 10 heteroatoms. The number of pyridine rings is 1. The molecular formula is C20H24N6O3S. The molecule has 0 atom stereocenters. The third kappa shape index (κ3) is 4.49. The fraction of sp³-hybridized carbons (Fsp3) is 0.450. The SMILES string of the molecule is CC(C)(COC1CCN(c2ccc(-c3n[nH]c(-c4cncs4)n3)cn2)CC1)C(=O)O. The third-order valence-corrected chi connectivity index (χ3v) is 5.96. The molecule has 2 N–H and O–H groups in total. The normalized spacial score (nSPS) is 15.5. The molecule has 0 bridgehead atoms. The van der Waals surface area contributed by atoms with Gasteiger partial charge in [-0.25, -0.2) is 9.97 Å². The maximum atomic E-state index is 11.2. The lowest BCUT2D eigenvalue weighted by Crippen LogP contribution is -2.39. The molecule has 4 heterocycles. The molecule has 3 aromatic heterocycles. The van der Waals surface area contributed by atoms with Gasteiger partial charge in [0.2, 0.25) is 0 Å². The number of aliphatic carboxylic acids is 1. The van der Waals surface area contributed by atoms with E-state index in [2.05, 4.69) is 30.0 Å². The van der Waals surface area contributed by atoms with Crippen LogP contribution in [0, 0.1) is 5.41 Å². The van der Waals surface area contributed by atoms with Crippen LogP contribution in [0.4, 0.5) is 5.82 Å². The number of nitrogens with one attached hydrogen (secondary N) is 1. The maximum absolute atomic E-state index is 11.2. The van der Waals surface area contributed by atoms with Gasteiger partial charge in [-0.3, -0.25) is 14.9 Å². The Balaban J connectivity index is 1.33. The van der Waals surface area contributed by atoms with Crippen LogP contribution in [0.15, 0.2) is 30.0 Å². The van der Waals surface area contributed by atoms with Crippen LogP contribution >= 0.6 is 11.3 Å². The molecule has 1 aliphatic heterocycles. The Morgan fingerprint density at radius 3 is 2.77 bits per heavy atom. The number of aromatic nitrogens is 5. The molecule has 3 aromatic rings. The van der Waals surface area contributed by atoms with Crippen LogP contribution < -0.4 is 4.90 Å². The number of carboxylic acids is 1. The molecule has 4 rings (SSSR count). The fourth-order valence-corrected chi connectivity index (χ4v) is 3.74. The van der Waals surface area contributed by atoms with E-state index in [4.69, 9.17) is 4.74 Å². The molecule has 1 aliphatic rings. The van der Waals surface area contributed by atoms with E-state index >= 15 is 0 Å². The molecule has 0 radical (unpaired) electrons. The van der Waals surface area contributed by atoms with E-state index in [0.717, 1.165) is 42.2 Å². The van der Waals surface area contributed by atoms with E-state index in [-0.39, 0.29) is 12.7 Å². The van der Waals surface area contributed by atoms with Crippen LogP contribution in [0.5, 0.6) is 0 Å². The van der Waals surface area contributed by atoms with E-state index in [1.807, 2.05) is 12.1 Å². The number of rotatable bonds is 7. The smallest absolute Gasteiger partial charge is 0.311 e. The molecule has 30 heavy (non-hydrogen) atoms.